The Morgan fingerprint density at radius 3 is 2.66 bits per heavy atom. The minimum atomic E-state index is -0.287. The number of amides is 1. The first-order chi connectivity index (χ1) is 14.2. The molecule has 5 nitrogen and oxygen atoms in total. The molecule has 3 aliphatic rings. The van der Waals surface area contributed by atoms with Crippen molar-refractivity contribution >= 4 is 17.7 Å². The van der Waals surface area contributed by atoms with Crippen molar-refractivity contribution in [3.8, 4) is 11.4 Å². The van der Waals surface area contributed by atoms with E-state index in [4.69, 9.17) is 0 Å². The van der Waals surface area contributed by atoms with Crippen molar-refractivity contribution in [3.05, 3.63) is 30.1 Å². The van der Waals surface area contributed by atoms with Crippen LogP contribution in [0.25, 0.3) is 11.4 Å². The molecule has 0 spiro atoms. The maximum absolute atomic E-state index is 14.3. The molecule has 0 unspecified atom stereocenters. The average Bonchev–Trinajstić information content (AvgIpc) is 3.51. The van der Waals surface area contributed by atoms with Gasteiger partial charge in [0.15, 0.2) is 11.0 Å². The van der Waals surface area contributed by atoms with Gasteiger partial charge in [-0.3, -0.25) is 9.36 Å². The molecule has 2 atom stereocenters. The number of fused-ring (bicyclic) bond motifs is 1. The summed E-state index contributed by atoms with van der Waals surface area (Å²) in [6, 6.07) is 7.00. The Hall–Kier alpha value is -1.89. The molecule has 5 rings (SSSR count). The number of likely N-dealkylation sites (tertiary alicyclic amines) is 1. The van der Waals surface area contributed by atoms with Crippen LogP contribution in [-0.4, -0.2) is 44.4 Å². The molecule has 0 N–H and O–H groups in total. The second-order valence-corrected chi connectivity index (χ2v) is 9.55. The van der Waals surface area contributed by atoms with E-state index in [1.807, 2.05) is 10.6 Å². The highest BCUT2D eigenvalue weighted by Crippen LogP contribution is 2.41. The molecule has 1 saturated heterocycles. The molecule has 7 heteroatoms. The molecular formula is C22H27FN4OS. The Labute approximate surface area is 175 Å². The number of piperidine rings is 1. The van der Waals surface area contributed by atoms with E-state index in [1.54, 1.807) is 12.1 Å². The molecule has 0 radical (unpaired) electrons. The summed E-state index contributed by atoms with van der Waals surface area (Å²) in [6.07, 6.45) is 8.52. The normalized spacial score (nSPS) is 24.4. The summed E-state index contributed by atoms with van der Waals surface area (Å²) in [5.41, 5.74) is 0.476. The van der Waals surface area contributed by atoms with Crippen LogP contribution in [0.15, 0.2) is 29.4 Å². The van der Waals surface area contributed by atoms with Crippen molar-refractivity contribution in [2.45, 2.75) is 56.1 Å². The fourth-order valence-electron chi connectivity index (χ4n) is 4.91. The molecule has 2 saturated carbocycles. The van der Waals surface area contributed by atoms with Gasteiger partial charge in [0.2, 0.25) is 5.91 Å². The minimum Gasteiger partial charge on any atom is -0.342 e. The number of nitrogens with zero attached hydrogens (tertiary/aromatic N) is 4. The van der Waals surface area contributed by atoms with Gasteiger partial charge in [0.1, 0.15) is 5.82 Å². The lowest BCUT2D eigenvalue weighted by Crippen LogP contribution is -2.45. The van der Waals surface area contributed by atoms with Crippen molar-refractivity contribution in [2.24, 2.45) is 11.8 Å². The van der Waals surface area contributed by atoms with Gasteiger partial charge >= 0.3 is 0 Å². The van der Waals surface area contributed by atoms with Crippen LogP contribution in [0, 0.1) is 17.7 Å². The predicted molar refractivity (Wildman–Crippen MR) is 111 cm³/mol. The Morgan fingerprint density at radius 2 is 1.86 bits per heavy atom. The first kappa shape index (κ1) is 19.1. The topological polar surface area (TPSA) is 51.0 Å². The van der Waals surface area contributed by atoms with E-state index in [1.165, 1.54) is 43.5 Å². The van der Waals surface area contributed by atoms with E-state index in [0.29, 0.717) is 29.1 Å². The van der Waals surface area contributed by atoms with Gasteiger partial charge in [-0.05, 0) is 49.7 Å². The molecule has 1 amide bonds. The molecule has 1 aliphatic heterocycles. The zero-order valence-electron chi connectivity index (χ0n) is 16.6. The van der Waals surface area contributed by atoms with Crippen molar-refractivity contribution in [2.75, 3.05) is 18.8 Å². The molecule has 2 aromatic rings. The van der Waals surface area contributed by atoms with E-state index in [2.05, 4.69) is 15.1 Å². The Kier molecular flexibility index (Phi) is 5.33. The Balaban J connectivity index is 1.28. The smallest absolute Gasteiger partial charge is 0.233 e. The zero-order valence-corrected chi connectivity index (χ0v) is 17.4. The maximum Gasteiger partial charge on any atom is 0.233 e. The van der Waals surface area contributed by atoms with Crippen LogP contribution in [0.3, 0.4) is 0 Å². The lowest BCUT2D eigenvalue weighted by atomic mass is 9.75. The SMILES string of the molecule is O=C(CSc1nnc(-c2ccccc2F)n1C1CC1)N1CC[C@H]2CCCC[C@@H]2C1. The number of thioether (sulfide) groups is 1. The highest BCUT2D eigenvalue weighted by molar-refractivity contribution is 7.99. The van der Waals surface area contributed by atoms with Crippen LogP contribution in [0.2, 0.25) is 0 Å². The van der Waals surface area contributed by atoms with Crippen LogP contribution in [0.4, 0.5) is 4.39 Å². The summed E-state index contributed by atoms with van der Waals surface area (Å²) >= 11 is 1.44. The number of halogens is 1. The fourth-order valence-corrected chi connectivity index (χ4v) is 5.82. The van der Waals surface area contributed by atoms with Crippen LogP contribution in [0.1, 0.15) is 51.0 Å². The van der Waals surface area contributed by atoms with E-state index >= 15 is 0 Å². The number of hydrogen-bond donors (Lipinski definition) is 0. The monoisotopic (exact) mass is 414 g/mol. The van der Waals surface area contributed by atoms with Gasteiger partial charge in [-0.15, -0.1) is 10.2 Å². The summed E-state index contributed by atoms with van der Waals surface area (Å²) in [7, 11) is 0. The lowest BCUT2D eigenvalue weighted by molar-refractivity contribution is -0.131. The number of aromatic nitrogens is 3. The van der Waals surface area contributed by atoms with Gasteiger partial charge in [0.25, 0.3) is 0 Å². The molecule has 1 aromatic heterocycles. The van der Waals surface area contributed by atoms with Crippen LogP contribution < -0.4 is 0 Å². The predicted octanol–water partition coefficient (Wildman–Crippen LogP) is 4.55. The minimum absolute atomic E-state index is 0.191. The quantitative estimate of drug-likeness (QED) is 0.674. The third kappa shape index (κ3) is 3.93. The third-order valence-corrected chi connectivity index (χ3v) is 7.59. The van der Waals surface area contributed by atoms with Crippen molar-refractivity contribution in [1.82, 2.24) is 19.7 Å². The summed E-state index contributed by atoms with van der Waals surface area (Å²) < 4.78 is 16.3. The second-order valence-electron chi connectivity index (χ2n) is 8.61. The highest BCUT2D eigenvalue weighted by Gasteiger charge is 2.34. The van der Waals surface area contributed by atoms with Gasteiger partial charge in [-0.1, -0.05) is 43.2 Å². The molecule has 154 valence electrons. The van der Waals surface area contributed by atoms with E-state index in [0.717, 1.165) is 43.4 Å². The third-order valence-electron chi connectivity index (χ3n) is 6.66. The molecule has 29 heavy (non-hydrogen) atoms. The van der Waals surface area contributed by atoms with Crippen molar-refractivity contribution < 1.29 is 9.18 Å². The largest absolute Gasteiger partial charge is 0.342 e. The molecule has 3 fully saturated rings. The second kappa shape index (κ2) is 8.09. The molecule has 2 aliphatic carbocycles. The number of rotatable bonds is 5. The Morgan fingerprint density at radius 1 is 1.07 bits per heavy atom. The van der Waals surface area contributed by atoms with Crippen LogP contribution >= 0.6 is 11.8 Å². The highest BCUT2D eigenvalue weighted by atomic mass is 32.2. The van der Waals surface area contributed by atoms with Gasteiger partial charge in [0, 0.05) is 19.1 Å². The van der Waals surface area contributed by atoms with Gasteiger partial charge < -0.3 is 4.90 Å². The van der Waals surface area contributed by atoms with Gasteiger partial charge in [-0.2, -0.15) is 0 Å². The van der Waals surface area contributed by atoms with Gasteiger partial charge in [0.05, 0.1) is 11.3 Å². The fraction of sp³-hybridized carbons (Fsp3) is 0.591. The van der Waals surface area contributed by atoms with Crippen molar-refractivity contribution in [1.29, 1.82) is 0 Å². The maximum atomic E-state index is 14.3. The van der Waals surface area contributed by atoms with Crippen molar-refractivity contribution in [3.63, 3.8) is 0 Å². The number of carbonyl (C=O) groups excluding carboxylic acids is 1. The molecule has 1 aromatic carbocycles. The zero-order chi connectivity index (χ0) is 19.8. The standard InChI is InChI=1S/C22H27FN4OS/c23-19-8-4-3-7-18(19)21-24-25-22(27(21)17-9-10-17)29-14-20(28)26-12-11-15-5-1-2-6-16(15)13-26/h3-4,7-8,15-17H,1-2,5-6,9-14H2/t15-,16-/m1/s1. The van der Waals surface area contributed by atoms with Gasteiger partial charge in [-0.25, -0.2) is 4.39 Å². The molecular weight excluding hydrogens is 387 g/mol. The summed E-state index contributed by atoms with van der Waals surface area (Å²) in [6.45, 7) is 1.80. The number of carbonyl (C=O) groups is 1. The average molecular weight is 415 g/mol. The summed E-state index contributed by atoms with van der Waals surface area (Å²) in [5.74, 6) is 2.36. The Bertz CT molecular complexity index is 897. The summed E-state index contributed by atoms with van der Waals surface area (Å²) in [5, 5.41) is 9.32. The van der Waals surface area contributed by atoms with Crippen LogP contribution in [0.5, 0.6) is 0 Å². The van der Waals surface area contributed by atoms with E-state index < -0.39 is 0 Å². The first-order valence-electron chi connectivity index (χ1n) is 10.8. The number of hydrogen-bond acceptors (Lipinski definition) is 4. The van der Waals surface area contributed by atoms with Crippen LogP contribution in [-0.2, 0) is 4.79 Å². The lowest BCUT2D eigenvalue weighted by Gasteiger charge is -2.41. The number of benzene rings is 1. The molecule has 0 bridgehead atoms. The van der Waals surface area contributed by atoms with E-state index in [-0.39, 0.29) is 11.7 Å². The van der Waals surface area contributed by atoms with E-state index in [9.17, 15) is 9.18 Å². The first-order valence-corrected chi connectivity index (χ1v) is 11.8. The molecule has 2 heterocycles. The summed E-state index contributed by atoms with van der Waals surface area (Å²) in [4.78, 5) is 14.9.